The Morgan fingerprint density at radius 3 is 2.75 bits per heavy atom. The molecule has 0 bridgehead atoms. The molecule has 0 aliphatic heterocycles. The highest BCUT2D eigenvalue weighted by Crippen LogP contribution is 2.24. The summed E-state index contributed by atoms with van der Waals surface area (Å²) in [6, 6.07) is 11.3. The Labute approximate surface area is 167 Å². The van der Waals surface area contributed by atoms with E-state index >= 15 is 0 Å². The Morgan fingerprint density at radius 1 is 1.18 bits per heavy atom. The largest absolute Gasteiger partial charge is 0.455 e. The van der Waals surface area contributed by atoms with Crippen LogP contribution in [0.4, 0.5) is 5.69 Å². The molecule has 0 saturated carbocycles. The fourth-order valence-electron chi connectivity index (χ4n) is 2.66. The molecule has 3 aromatic rings. The highest BCUT2D eigenvalue weighted by molar-refractivity contribution is 7.13. The molecular weight excluding hydrogens is 374 g/mol. The first-order valence-corrected chi connectivity index (χ1v) is 9.80. The molecule has 2 aromatic heterocycles. The van der Waals surface area contributed by atoms with Crippen LogP contribution in [0.5, 0.6) is 0 Å². The van der Waals surface area contributed by atoms with Gasteiger partial charge in [0, 0.05) is 29.0 Å². The first kappa shape index (κ1) is 19.7. The van der Waals surface area contributed by atoms with Crippen molar-refractivity contribution in [3.05, 3.63) is 65.4 Å². The van der Waals surface area contributed by atoms with Crippen LogP contribution < -0.4 is 5.32 Å². The van der Waals surface area contributed by atoms with Gasteiger partial charge in [0.1, 0.15) is 5.01 Å². The molecule has 0 unspecified atom stereocenters. The quantitative estimate of drug-likeness (QED) is 0.610. The topological polar surface area (TPSA) is 81.2 Å². The van der Waals surface area contributed by atoms with Crippen molar-refractivity contribution in [3.63, 3.8) is 0 Å². The van der Waals surface area contributed by atoms with Gasteiger partial charge < -0.3 is 10.1 Å². The van der Waals surface area contributed by atoms with Crippen molar-refractivity contribution in [2.75, 3.05) is 11.9 Å². The molecule has 0 atom stereocenters. The van der Waals surface area contributed by atoms with Crippen molar-refractivity contribution in [1.29, 1.82) is 0 Å². The van der Waals surface area contributed by atoms with Crippen LogP contribution in [0.15, 0.2) is 54.2 Å². The number of anilines is 1. The van der Waals surface area contributed by atoms with Gasteiger partial charge in [-0.15, -0.1) is 11.3 Å². The zero-order valence-electron chi connectivity index (χ0n) is 15.7. The number of esters is 1. The van der Waals surface area contributed by atoms with Crippen molar-refractivity contribution in [2.24, 2.45) is 0 Å². The lowest BCUT2D eigenvalue weighted by molar-refractivity contribution is -0.146. The third-order valence-electron chi connectivity index (χ3n) is 4.01. The van der Waals surface area contributed by atoms with Gasteiger partial charge in [-0.2, -0.15) is 0 Å². The van der Waals surface area contributed by atoms with Gasteiger partial charge in [-0.25, -0.2) is 4.98 Å². The maximum absolute atomic E-state index is 12.1. The van der Waals surface area contributed by atoms with Gasteiger partial charge >= 0.3 is 5.97 Å². The number of hydrogen-bond acceptors (Lipinski definition) is 6. The molecule has 2 heterocycles. The molecule has 7 heteroatoms. The summed E-state index contributed by atoms with van der Waals surface area (Å²) >= 11 is 1.44. The summed E-state index contributed by atoms with van der Waals surface area (Å²) in [6.45, 7) is 3.78. The summed E-state index contributed by atoms with van der Waals surface area (Å²) in [7, 11) is 0. The number of thiazole rings is 1. The van der Waals surface area contributed by atoms with Gasteiger partial charge in [0.2, 0.25) is 0 Å². The Morgan fingerprint density at radius 2 is 2.00 bits per heavy atom. The van der Waals surface area contributed by atoms with Crippen LogP contribution in [0.25, 0.3) is 10.6 Å². The predicted octanol–water partition coefficient (Wildman–Crippen LogP) is 4.05. The van der Waals surface area contributed by atoms with Gasteiger partial charge in [0.05, 0.1) is 12.1 Å². The molecule has 0 radical (unpaired) electrons. The lowest BCUT2D eigenvalue weighted by Gasteiger charge is -2.13. The van der Waals surface area contributed by atoms with Crippen LogP contribution in [-0.2, 0) is 20.7 Å². The fourth-order valence-corrected chi connectivity index (χ4v) is 3.47. The number of aromatic nitrogens is 2. The molecule has 0 aliphatic carbocycles. The van der Waals surface area contributed by atoms with Crippen molar-refractivity contribution < 1.29 is 14.3 Å². The summed E-state index contributed by atoms with van der Waals surface area (Å²) in [5, 5.41) is 5.40. The molecule has 3 rings (SSSR count). The van der Waals surface area contributed by atoms with E-state index in [9.17, 15) is 9.59 Å². The number of para-hydroxylation sites is 1. The number of hydrogen-bond donors (Lipinski definition) is 1. The second-order valence-corrected chi connectivity index (χ2v) is 7.37. The average molecular weight is 395 g/mol. The number of carbonyl (C=O) groups is 2. The Balaban J connectivity index is 1.51. The summed E-state index contributed by atoms with van der Waals surface area (Å²) in [5.74, 6) is -0.580. The zero-order valence-corrected chi connectivity index (χ0v) is 16.5. The molecule has 0 fully saturated rings. The van der Waals surface area contributed by atoms with Crippen LogP contribution >= 0.6 is 11.3 Å². The number of amides is 1. The molecule has 1 aromatic carbocycles. The molecule has 0 saturated heterocycles. The third-order valence-corrected chi connectivity index (χ3v) is 4.95. The minimum absolute atomic E-state index is 0.0205. The van der Waals surface area contributed by atoms with E-state index in [0.717, 1.165) is 21.8 Å². The van der Waals surface area contributed by atoms with E-state index in [1.54, 1.807) is 12.4 Å². The molecule has 0 aliphatic rings. The van der Waals surface area contributed by atoms with E-state index in [4.69, 9.17) is 4.74 Å². The molecule has 1 amide bonds. The van der Waals surface area contributed by atoms with Gasteiger partial charge in [0.25, 0.3) is 5.91 Å². The van der Waals surface area contributed by atoms with Crippen LogP contribution in [0, 0.1) is 0 Å². The summed E-state index contributed by atoms with van der Waals surface area (Å²) in [5.41, 5.74) is 3.28. The molecule has 6 nitrogen and oxygen atoms in total. The monoisotopic (exact) mass is 395 g/mol. The second-order valence-electron chi connectivity index (χ2n) is 6.51. The predicted molar refractivity (Wildman–Crippen MR) is 109 cm³/mol. The maximum Gasteiger partial charge on any atom is 0.312 e. The van der Waals surface area contributed by atoms with Crippen molar-refractivity contribution in [3.8, 4) is 10.6 Å². The smallest absolute Gasteiger partial charge is 0.312 e. The van der Waals surface area contributed by atoms with E-state index in [-0.39, 0.29) is 24.9 Å². The number of nitrogens with zero attached hydrogens (tertiary/aromatic N) is 2. The number of pyridine rings is 1. The highest BCUT2D eigenvalue weighted by Gasteiger charge is 2.13. The van der Waals surface area contributed by atoms with E-state index in [2.05, 4.69) is 29.1 Å². The Hall–Kier alpha value is -3.06. The molecular formula is C21H21N3O3S. The lowest BCUT2D eigenvalue weighted by Crippen LogP contribution is -2.22. The van der Waals surface area contributed by atoms with Crippen LogP contribution in [0.2, 0.25) is 0 Å². The normalized spacial score (nSPS) is 10.7. The van der Waals surface area contributed by atoms with Crippen LogP contribution in [0.3, 0.4) is 0 Å². The number of nitrogens with one attached hydrogen (secondary N) is 1. The SMILES string of the molecule is CC(C)c1ccccc1NC(=O)COC(=O)Cc1csc(-c2cccnc2)n1. The van der Waals surface area contributed by atoms with Gasteiger partial charge in [-0.1, -0.05) is 32.0 Å². The first-order chi connectivity index (χ1) is 13.5. The van der Waals surface area contributed by atoms with E-state index in [1.807, 2.05) is 41.8 Å². The number of carbonyl (C=O) groups excluding carboxylic acids is 2. The maximum atomic E-state index is 12.1. The van der Waals surface area contributed by atoms with Gasteiger partial charge in [-0.3, -0.25) is 14.6 Å². The highest BCUT2D eigenvalue weighted by atomic mass is 32.1. The molecule has 1 N–H and O–H groups in total. The lowest BCUT2D eigenvalue weighted by atomic mass is 10.0. The van der Waals surface area contributed by atoms with Crippen molar-refractivity contribution >= 4 is 28.9 Å². The van der Waals surface area contributed by atoms with E-state index in [1.165, 1.54) is 11.3 Å². The summed E-state index contributed by atoms with van der Waals surface area (Å²) in [6.07, 6.45) is 3.44. The van der Waals surface area contributed by atoms with Crippen LogP contribution in [-0.4, -0.2) is 28.5 Å². The molecule has 144 valence electrons. The molecule has 28 heavy (non-hydrogen) atoms. The number of ether oxygens (including phenoxy) is 1. The summed E-state index contributed by atoms with van der Waals surface area (Å²) < 4.78 is 5.10. The summed E-state index contributed by atoms with van der Waals surface area (Å²) in [4.78, 5) is 32.7. The average Bonchev–Trinajstić information content (AvgIpc) is 3.16. The molecule has 0 spiro atoms. The van der Waals surface area contributed by atoms with Crippen molar-refractivity contribution in [2.45, 2.75) is 26.2 Å². The van der Waals surface area contributed by atoms with E-state index < -0.39 is 5.97 Å². The standard InChI is InChI=1S/C21H21N3O3S/c1-14(2)17-7-3-4-8-18(17)24-19(25)12-27-20(26)10-16-13-28-21(23-16)15-6-5-9-22-11-15/h3-9,11,13-14H,10,12H2,1-2H3,(H,24,25). The fraction of sp³-hybridized carbons (Fsp3) is 0.238. The van der Waals surface area contributed by atoms with Gasteiger partial charge in [0.15, 0.2) is 6.61 Å². The van der Waals surface area contributed by atoms with E-state index in [0.29, 0.717) is 5.69 Å². The minimum atomic E-state index is -0.490. The van der Waals surface area contributed by atoms with Crippen molar-refractivity contribution in [1.82, 2.24) is 9.97 Å². The van der Waals surface area contributed by atoms with Gasteiger partial charge in [-0.05, 0) is 29.7 Å². The Kier molecular flexibility index (Phi) is 6.49. The van der Waals surface area contributed by atoms with Crippen LogP contribution in [0.1, 0.15) is 31.0 Å². The number of benzene rings is 1. The zero-order chi connectivity index (χ0) is 19.9. The first-order valence-electron chi connectivity index (χ1n) is 8.92. The Bertz CT molecular complexity index is 954. The third kappa shape index (κ3) is 5.23. The minimum Gasteiger partial charge on any atom is -0.455 e. The second kappa shape index (κ2) is 9.23. The number of rotatable bonds is 7.